The SMILES string of the molecule is CCOC(=O)c1cccc2c1-c1ccccc1/C2=N/N=C1\c2ccccc2-c2c(C(=O)Sc3nnc(SC(=O)c4cccc5c4-c4ccccc4/C5=N\N=C4\c5ccccc5-c5c(C(=O)OCC)cccc54)s3)cccc21. The standard InChI is InChI=1S/C62H38N6O6S3/c1-3-73-57(69)45-29-13-25-41-49(45)33-17-5-9-21-37(33)53(41)63-65-55-39-23-11-7-19-35(39)51-43(55)27-15-31-47(51)59(71)75-61-67-68-62(77-61)76-60(72)48-32-16-28-44-52(48)36-20-8-12-24-40(36)56(44)66-64-54-38-22-10-6-18-34(38)50-42(54)26-14-30-46(50)58(70)74-4-2/h5-32H,3-4H2,1-2H3/b63-53-,64-54-,65-55+,66-56+. The van der Waals surface area contributed by atoms with E-state index in [1.165, 1.54) is 11.3 Å². The van der Waals surface area contributed by atoms with E-state index in [0.717, 1.165) is 113 Å². The van der Waals surface area contributed by atoms with Gasteiger partial charge < -0.3 is 9.47 Å². The number of carbonyl (C=O) groups is 4. The second-order valence-corrected chi connectivity index (χ2v) is 21.4. The molecule has 0 unspecified atom stereocenters. The molecule has 77 heavy (non-hydrogen) atoms. The van der Waals surface area contributed by atoms with Gasteiger partial charge in [-0.3, -0.25) is 9.59 Å². The molecule has 4 aliphatic rings. The van der Waals surface area contributed by atoms with Crippen LogP contribution >= 0.6 is 34.9 Å². The van der Waals surface area contributed by atoms with Crippen LogP contribution in [0.3, 0.4) is 0 Å². The molecule has 0 fully saturated rings. The first-order valence-electron chi connectivity index (χ1n) is 24.7. The van der Waals surface area contributed by atoms with Gasteiger partial charge in [0.15, 0.2) is 8.68 Å². The molecule has 0 saturated carbocycles. The molecule has 0 N–H and O–H groups in total. The Labute approximate surface area is 453 Å². The van der Waals surface area contributed by atoms with Gasteiger partial charge in [0.2, 0.25) is 10.2 Å². The summed E-state index contributed by atoms with van der Waals surface area (Å²) in [6.45, 7) is 4.08. The largest absolute Gasteiger partial charge is 0.462 e. The fourth-order valence-electron chi connectivity index (χ4n) is 10.6. The zero-order valence-corrected chi connectivity index (χ0v) is 43.4. The summed E-state index contributed by atoms with van der Waals surface area (Å²) in [6, 6.07) is 53.4. The number of benzene rings is 8. The second kappa shape index (κ2) is 19.6. The van der Waals surface area contributed by atoms with Crippen LogP contribution in [-0.2, 0) is 9.47 Å². The topological polar surface area (TPSA) is 162 Å². The number of esters is 2. The maximum Gasteiger partial charge on any atom is 0.338 e. The van der Waals surface area contributed by atoms with Crippen LogP contribution in [0.2, 0.25) is 0 Å². The molecule has 0 bridgehead atoms. The van der Waals surface area contributed by atoms with Gasteiger partial charge in [0.25, 0.3) is 0 Å². The lowest BCUT2D eigenvalue weighted by Gasteiger charge is -2.08. The number of fused-ring (bicyclic) bond motifs is 12. The van der Waals surface area contributed by atoms with Crippen molar-refractivity contribution < 1.29 is 28.7 Å². The maximum atomic E-state index is 14.4. The molecule has 12 nitrogen and oxygen atoms in total. The fourth-order valence-corrected chi connectivity index (χ4v) is 13.4. The van der Waals surface area contributed by atoms with Crippen molar-refractivity contribution in [1.82, 2.24) is 10.2 Å². The van der Waals surface area contributed by atoms with Gasteiger partial charge in [0, 0.05) is 77.9 Å². The van der Waals surface area contributed by atoms with Gasteiger partial charge in [-0.15, -0.1) is 30.6 Å². The van der Waals surface area contributed by atoms with Crippen molar-refractivity contribution >= 4 is 79.9 Å². The van der Waals surface area contributed by atoms with Crippen molar-refractivity contribution in [2.75, 3.05) is 13.2 Å². The molecule has 13 rings (SSSR count). The summed E-state index contributed by atoms with van der Waals surface area (Å²) >= 11 is 3.08. The molecular formula is C62H38N6O6S3. The van der Waals surface area contributed by atoms with Gasteiger partial charge in [0.05, 0.1) is 24.3 Å². The average Bonchev–Trinajstić information content (AvgIpc) is 4.35. The van der Waals surface area contributed by atoms with E-state index in [0.29, 0.717) is 53.8 Å². The van der Waals surface area contributed by atoms with E-state index in [1.54, 1.807) is 38.1 Å². The number of rotatable bonds is 10. The van der Waals surface area contributed by atoms with Crippen LogP contribution in [0.5, 0.6) is 0 Å². The van der Waals surface area contributed by atoms with Crippen LogP contribution in [0.25, 0.3) is 44.5 Å². The number of aromatic nitrogens is 2. The highest BCUT2D eigenvalue weighted by atomic mass is 32.2. The van der Waals surface area contributed by atoms with E-state index in [9.17, 15) is 19.2 Å². The lowest BCUT2D eigenvalue weighted by atomic mass is 9.99. The number of hydrogen-bond acceptors (Lipinski definition) is 15. The Kier molecular flexibility index (Phi) is 12.1. The van der Waals surface area contributed by atoms with Crippen molar-refractivity contribution in [1.29, 1.82) is 0 Å². The van der Waals surface area contributed by atoms with Crippen molar-refractivity contribution in [2.24, 2.45) is 20.4 Å². The molecule has 0 saturated heterocycles. The molecule has 1 aromatic heterocycles. The molecule has 1 heterocycles. The minimum absolute atomic E-state index is 0.245. The highest BCUT2D eigenvalue weighted by Gasteiger charge is 2.35. The lowest BCUT2D eigenvalue weighted by Crippen LogP contribution is -2.07. The van der Waals surface area contributed by atoms with Crippen molar-refractivity contribution in [3.8, 4) is 44.5 Å². The van der Waals surface area contributed by atoms with Crippen molar-refractivity contribution in [3.63, 3.8) is 0 Å². The number of ether oxygens (including phenoxy) is 2. The first-order valence-corrected chi connectivity index (χ1v) is 27.1. The van der Waals surface area contributed by atoms with E-state index in [1.807, 2.05) is 146 Å². The zero-order chi connectivity index (χ0) is 52.3. The van der Waals surface area contributed by atoms with Crippen LogP contribution in [0.1, 0.15) is 99.8 Å². The Balaban J connectivity index is 0.779. The fraction of sp³-hybridized carbons (Fsp3) is 0.0645. The summed E-state index contributed by atoms with van der Waals surface area (Å²) in [4.78, 5) is 55.0. The molecule has 8 aromatic carbocycles. The van der Waals surface area contributed by atoms with Crippen LogP contribution in [0, 0.1) is 0 Å². The minimum Gasteiger partial charge on any atom is -0.462 e. The molecule has 9 aromatic rings. The number of carbonyl (C=O) groups excluding carboxylic acids is 4. The summed E-state index contributed by atoms with van der Waals surface area (Å²) in [6.07, 6.45) is 0. The average molecular weight is 1060 g/mol. The Bertz CT molecular complexity index is 3930. The zero-order valence-electron chi connectivity index (χ0n) is 40.9. The first kappa shape index (κ1) is 47.7. The van der Waals surface area contributed by atoms with Gasteiger partial charge in [-0.2, -0.15) is 0 Å². The molecule has 370 valence electrons. The van der Waals surface area contributed by atoms with Gasteiger partial charge in [-0.25, -0.2) is 9.59 Å². The van der Waals surface area contributed by atoms with E-state index >= 15 is 0 Å². The molecule has 0 atom stereocenters. The molecule has 4 aliphatic carbocycles. The third-order valence-corrected chi connectivity index (χ3v) is 16.6. The number of thioether (sulfide) groups is 2. The highest BCUT2D eigenvalue weighted by Crippen LogP contribution is 2.46. The molecule has 0 radical (unpaired) electrons. The maximum absolute atomic E-state index is 14.4. The summed E-state index contributed by atoms with van der Waals surface area (Å²) in [7, 11) is 0. The van der Waals surface area contributed by atoms with Gasteiger partial charge in [0.1, 0.15) is 22.8 Å². The van der Waals surface area contributed by atoms with E-state index in [2.05, 4.69) is 10.2 Å². The molecule has 15 heteroatoms. The normalized spacial score (nSPS) is 14.9. The number of nitrogens with zero attached hydrogens (tertiary/aromatic N) is 6. The molecule has 0 spiro atoms. The summed E-state index contributed by atoms with van der Waals surface area (Å²) in [5.74, 6) is -0.803. The van der Waals surface area contributed by atoms with Crippen molar-refractivity contribution in [2.45, 2.75) is 22.5 Å². The Morgan fingerprint density at radius 3 is 0.922 bits per heavy atom. The third kappa shape index (κ3) is 8.00. The van der Waals surface area contributed by atoms with E-state index < -0.39 is 11.9 Å². The summed E-state index contributed by atoms with van der Waals surface area (Å²) in [5.41, 5.74) is 17.2. The monoisotopic (exact) mass is 1060 g/mol. The molecule has 0 aliphatic heterocycles. The van der Waals surface area contributed by atoms with E-state index in [-0.39, 0.29) is 23.4 Å². The van der Waals surface area contributed by atoms with Crippen LogP contribution in [0.4, 0.5) is 0 Å². The van der Waals surface area contributed by atoms with E-state index in [4.69, 9.17) is 29.9 Å². The van der Waals surface area contributed by atoms with Gasteiger partial charge >= 0.3 is 11.9 Å². The smallest absolute Gasteiger partial charge is 0.338 e. The number of hydrogen-bond donors (Lipinski definition) is 0. The van der Waals surface area contributed by atoms with Crippen molar-refractivity contribution in [3.05, 3.63) is 237 Å². The minimum atomic E-state index is -0.401. The van der Waals surface area contributed by atoms with Crippen LogP contribution in [0.15, 0.2) is 199 Å². The highest BCUT2D eigenvalue weighted by molar-refractivity contribution is 8.17. The van der Waals surface area contributed by atoms with Gasteiger partial charge in [-0.05, 0) is 83.9 Å². The first-order chi connectivity index (χ1) is 37.8. The predicted octanol–water partition coefficient (Wildman–Crippen LogP) is 13.3. The second-order valence-electron chi connectivity index (χ2n) is 17.9. The molecule has 0 amide bonds. The molecular weight excluding hydrogens is 1020 g/mol. The summed E-state index contributed by atoms with van der Waals surface area (Å²) in [5, 5.41) is 27.9. The van der Waals surface area contributed by atoms with Gasteiger partial charge in [-0.1, -0.05) is 157 Å². The Hall–Kier alpha value is -9.02. The predicted molar refractivity (Wildman–Crippen MR) is 302 cm³/mol. The third-order valence-electron chi connectivity index (χ3n) is 13.8. The lowest BCUT2D eigenvalue weighted by molar-refractivity contribution is 0.0517. The van der Waals surface area contributed by atoms with Crippen LogP contribution in [-0.4, -0.2) is 68.4 Å². The summed E-state index contributed by atoms with van der Waals surface area (Å²) < 4.78 is 11.6. The Morgan fingerprint density at radius 2 is 0.623 bits per heavy atom. The van der Waals surface area contributed by atoms with Crippen LogP contribution < -0.4 is 0 Å². The quantitative estimate of drug-likeness (QED) is 0.0732. The Morgan fingerprint density at radius 1 is 0.364 bits per heavy atom.